The molecule has 5 heteroatoms. The minimum Gasteiger partial charge on any atom is -0.496 e. The van der Waals surface area contributed by atoms with Gasteiger partial charge in [-0.05, 0) is 36.1 Å². The highest BCUT2D eigenvalue weighted by molar-refractivity contribution is 7.89. The number of ether oxygens (including phenoxy) is 1. The number of hydrogen-bond acceptors (Lipinski definition) is 3. The van der Waals surface area contributed by atoms with Gasteiger partial charge in [-0.2, -0.15) is 0 Å². The highest BCUT2D eigenvalue weighted by Gasteiger charge is 2.12. The fraction of sp³-hybridized carbons (Fsp3) is 0.455. The molecule has 2 N–H and O–H groups in total. The second kappa shape index (κ2) is 4.84. The molecule has 0 saturated heterocycles. The van der Waals surface area contributed by atoms with Gasteiger partial charge in [0, 0.05) is 0 Å². The lowest BCUT2D eigenvalue weighted by atomic mass is 10.0. The number of rotatable bonds is 4. The summed E-state index contributed by atoms with van der Waals surface area (Å²) in [6, 6.07) is 4.67. The van der Waals surface area contributed by atoms with Crippen molar-refractivity contribution in [1.29, 1.82) is 0 Å². The van der Waals surface area contributed by atoms with Gasteiger partial charge in [-0.25, -0.2) is 13.6 Å². The molecule has 0 atom stereocenters. The molecule has 0 radical (unpaired) electrons. The van der Waals surface area contributed by atoms with E-state index < -0.39 is 10.0 Å². The molecule has 0 unspecified atom stereocenters. The Balaban J connectivity index is 3.21. The van der Waals surface area contributed by atoms with Crippen molar-refractivity contribution in [2.75, 3.05) is 7.11 Å². The summed E-state index contributed by atoms with van der Waals surface area (Å²) in [6.07, 6.45) is 0.756. The van der Waals surface area contributed by atoms with E-state index in [0.29, 0.717) is 11.7 Å². The predicted molar refractivity (Wildman–Crippen MR) is 62.9 cm³/mol. The Labute approximate surface area is 96.5 Å². The van der Waals surface area contributed by atoms with Gasteiger partial charge < -0.3 is 4.74 Å². The molecule has 0 heterocycles. The molecule has 0 fully saturated rings. The molecule has 0 aromatic heterocycles. The average molecular weight is 243 g/mol. The van der Waals surface area contributed by atoms with Crippen molar-refractivity contribution in [2.24, 2.45) is 11.1 Å². The number of nitrogens with two attached hydrogens (primary N) is 1. The zero-order valence-electron chi connectivity index (χ0n) is 9.73. The summed E-state index contributed by atoms with van der Waals surface area (Å²) >= 11 is 0. The fourth-order valence-corrected chi connectivity index (χ4v) is 2.10. The van der Waals surface area contributed by atoms with Crippen LogP contribution in [0.5, 0.6) is 5.75 Å². The van der Waals surface area contributed by atoms with E-state index >= 15 is 0 Å². The monoisotopic (exact) mass is 243 g/mol. The first kappa shape index (κ1) is 13.0. The smallest absolute Gasteiger partial charge is 0.238 e. The third-order valence-corrected chi connectivity index (χ3v) is 3.12. The minimum atomic E-state index is -3.64. The molecule has 1 aromatic rings. The molecule has 0 amide bonds. The Morgan fingerprint density at radius 1 is 1.38 bits per heavy atom. The number of primary sulfonamides is 1. The van der Waals surface area contributed by atoms with E-state index in [-0.39, 0.29) is 4.90 Å². The van der Waals surface area contributed by atoms with E-state index in [0.717, 1.165) is 12.0 Å². The lowest BCUT2D eigenvalue weighted by molar-refractivity contribution is 0.406. The first-order chi connectivity index (χ1) is 7.34. The van der Waals surface area contributed by atoms with Crippen LogP contribution in [0.25, 0.3) is 0 Å². The molecule has 90 valence electrons. The van der Waals surface area contributed by atoms with Crippen LogP contribution in [0.2, 0.25) is 0 Å². The van der Waals surface area contributed by atoms with E-state index in [4.69, 9.17) is 9.88 Å². The summed E-state index contributed by atoms with van der Waals surface area (Å²) in [6.45, 7) is 4.12. The fourth-order valence-electron chi connectivity index (χ4n) is 1.53. The third-order valence-electron chi connectivity index (χ3n) is 2.21. The quantitative estimate of drug-likeness (QED) is 0.872. The van der Waals surface area contributed by atoms with Crippen LogP contribution in [0.4, 0.5) is 0 Å². The van der Waals surface area contributed by atoms with Crippen LogP contribution >= 0.6 is 0 Å². The Morgan fingerprint density at radius 3 is 2.44 bits per heavy atom. The molecule has 1 rings (SSSR count). The van der Waals surface area contributed by atoms with E-state index in [1.54, 1.807) is 19.2 Å². The molecule has 0 bridgehead atoms. The van der Waals surface area contributed by atoms with E-state index in [2.05, 4.69) is 13.8 Å². The van der Waals surface area contributed by atoms with Crippen LogP contribution in [0.3, 0.4) is 0 Å². The molecule has 1 aromatic carbocycles. The number of sulfonamides is 1. The summed E-state index contributed by atoms with van der Waals surface area (Å²) in [4.78, 5) is 0.129. The van der Waals surface area contributed by atoms with Gasteiger partial charge in [0.1, 0.15) is 5.75 Å². The second-order valence-electron chi connectivity index (χ2n) is 4.12. The van der Waals surface area contributed by atoms with Crippen LogP contribution in [0, 0.1) is 5.92 Å². The summed E-state index contributed by atoms with van der Waals surface area (Å²) in [5.74, 6) is 1.12. The first-order valence-corrected chi connectivity index (χ1v) is 6.59. The summed E-state index contributed by atoms with van der Waals surface area (Å²) in [7, 11) is -2.08. The number of methoxy groups -OCH3 is 1. The van der Waals surface area contributed by atoms with Crippen molar-refractivity contribution in [2.45, 2.75) is 25.2 Å². The third kappa shape index (κ3) is 3.21. The SMILES string of the molecule is COc1ccc(S(N)(=O)=O)cc1CC(C)C. The van der Waals surface area contributed by atoms with Crippen LogP contribution in [-0.2, 0) is 16.4 Å². The lowest BCUT2D eigenvalue weighted by Gasteiger charge is -2.11. The lowest BCUT2D eigenvalue weighted by Crippen LogP contribution is -2.13. The van der Waals surface area contributed by atoms with Gasteiger partial charge in [-0.1, -0.05) is 13.8 Å². The molecule has 0 aliphatic carbocycles. The molecule has 0 saturated carbocycles. The Kier molecular flexibility index (Phi) is 3.93. The van der Waals surface area contributed by atoms with Crippen molar-refractivity contribution in [1.82, 2.24) is 0 Å². The van der Waals surface area contributed by atoms with Crippen molar-refractivity contribution >= 4 is 10.0 Å². The maximum absolute atomic E-state index is 11.2. The normalized spacial score (nSPS) is 11.8. The average Bonchev–Trinajstić information content (AvgIpc) is 2.15. The van der Waals surface area contributed by atoms with Gasteiger partial charge in [-0.15, -0.1) is 0 Å². The van der Waals surface area contributed by atoms with Gasteiger partial charge in [0.05, 0.1) is 12.0 Å². The van der Waals surface area contributed by atoms with Crippen LogP contribution < -0.4 is 9.88 Å². The molecule has 16 heavy (non-hydrogen) atoms. The topological polar surface area (TPSA) is 69.4 Å². The van der Waals surface area contributed by atoms with Gasteiger partial charge in [0.25, 0.3) is 0 Å². The van der Waals surface area contributed by atoms with Crippen LogP contribution in [0.15, 0.2) is 23.1 Å². The van der Waals surface area contributed by atoms with E-state index in [9.17, 15) is 8.42 Å². The molecule has 0 aliphatic rings. The zero-order chi connectivity index (χ0) is 12.3. The molecular weight excluding hydrogens is 226 g/mol. The molecular formula is C11H17NO3S. The van der Waals surface area contributed by atoms with Gasteiger partial charge in [-0.3, -0.25) is 0 Å². The van der Waals surface area contributed by atoms with Gasteiger partial charge >= 0.3 is 0 Å². The van der Waals surface area contributed by atoms with Gasteiger partial charge in [0.15, 0.2) is 0 Å². The Hall–Kier alpha value is -1.07. The Bertz CT molecular complexity index is 466. The summed E-state index contributed by atoms with van der Waals surface area (Å²) in [5, 5.41) is 5.08. The molecule has 0 spiro atoms. The maximum atomic E-state index is 11.2. The van der Waals surface area contributed by atoms with Gasteiger partial charge in [0.2, 0.25) is 10.0 Å². The molecule has 4 nitrogen and oxygen atoms in total. The van der Waals surface area contributed by atoms with Crippen molar-refractivity contribution < 1.29 is 13.2 Å². The number of hydrogen-bond donors (Lipinski definition) is 1. The van der Waals surface area contributed by atoms with Crippen LogP contribution in [0.1, 0.15) is 19.4 Å². The maximum Gasteiger partial charge on any atom is 0.238 e. The first-order valence-electron chi connectivity index (χ1n) is 5.04. The highest BCUT2D eigenvalue weighted by Crippen LogP contribution is 2.24. The van der Waals surface area contributed by atoms with Crippen LogP contribution in [-0.4, -0.2) is 15.5 Å². The highest BCUT2D eigenvalue weighted by atomic mass is 32.2. The van der Waals surface area contributed by atoms with E-state index in [1.807, 2.05) is 0 Å². The standard InChI is InChI=1S/C11H17NO3S/c1-8(2)6-9-7-10(16(12,13)14)4-5-11(9)15-3/h4-5,7-8H,6H2,1-3H3,(H2,12,13,14). The second-order valence-corrected chi connectivity index (χ2v) is 5.68. The van der Waals surface area contributed by atoms with Crippen molar-refractivity contribution in [3.05, 3.63) is 23.8 Å². The van der Waals surface area contributed by atoms with E-state index in [1.165, 1.54) is 6.07 Å². The summed E-state index contributed by atoms with van der Waals surface area (Å²) in [5.41, 5.74) is 0.865. The molecule has 0 aliphatic heterocycles. The number of benzene rings is 1. The largest absolute Gasteiger partial charge is 0.496 e. The minimum absolute atomic E-state index is 0.129. The zero-order valence-corrected chi connectivity index (χ0v) is 10.5. The summed E-state index contributed by atoms with van der Waals surface area (Å²) < 4.78 is 27.6. The van der Waals surface area contributed by atoms with Crippen molar-refractivity contribution in [3.8, 4) is 5.75 Å². The predicted octanol–water partition coefficient (Wildman–Crippen LogP) is 1.54. The Morgan fingerprint density at radius 2 is 2.00 bits per heavy atom. The van der Waals surface area contributed by atoms with Crippen molar-refractivity contribution in [3.63, 3.8) is 0 Å².